The van der Waals surface area contributed by atoms with Crippen molar-refractivity contribution in [2.45, 2.75) is 78.1 Å². The molecule has 1 unspecified atom stereocenters. The highest BCUT2D eigenvalue weighted by Crippen LogP contribution is 2.37. The van der Waals surface area contributed by atoms with E-state index in [-0.39, 0.29) is 5.83 Å². The molecule has 0 aromatic rings. The molecule has 0 nitrogen and oxygen atoms in total. The van der Waals surface area contributed by atoms with Crippen LogP contribution >= 0.6 is 0 Å². The predicted octanol–water partition coefficient (Wildman–Crippen LogP) is 6.27. The molecule has 0 heterocycles. The summed E-state index contributed by atoms with van der Waals surface area (Å²) in [6.07, 6.45) is 14.6. The maximum Gasteiger partial charge on any atom is 0.0960 e. The van der Waals surface area contributed by atoms with Crippen molar-refractivity contribution >= 4 is 0 Å². The molecule has 0 radical (unpaired) electrons. The molecule has 0 bridgehead atoms. The summed E-state index contributed by atoms with van der Waals surface area (Å²) in [5, 5.41) is 0. The Morgan fingerprint density at radius 2 is 1.63 bits per heavy atom. The summed E-state index contributed by atoms with van der Waals surface area (Å²) < 4.78 is 13.0. The Balaban J connectivity index is 1.61. The lowest BCUT2D eigenvalue weighted by atomic mass is 9.76. The Kier molecular flexibility index (Phi) is 5.91. The van der Waals surface area contributed by atoms with Crippen molar-refractivity contribution in [2.75, 3.05) is 0 Å². The zero-order valence-corrected chi connectivity index (χ0v) is 12.8. The van der Waals surface area contributed by atoms with Crippen LogP contribution in [0.2, 0.25) is 0 Å². The van der Waals surface area contributed by atoms with E-state index in [0.717, 1.165) is 36.5 Å². The lowest BCUT2D eigenvalue weighted by Crippen LogP contribution is -2.17. The first kappa shape index (κ1) is 15.1. The first-order valence-electron chi connectivity index (χ1n) is 8.48. The minimum Gasteiger partial charge on any atom is -0.212 e. The highest BCUT2D eigenvalue weighted by molar-refractivity contribution is 4.97. The van der Waals surface area contributed by atoms with Gasteiger partial charge in [0.15, 0.2) is 0 Å². The van der Waals surface area contributed by atoms with Crippen LogP contribution in [0.25, 0.3) is 0 Å². The van der Waals surface area contributed by atoms with Gasteiger partial charge < -0.3 is 0 Å². The van der Waals surface area contributed by atoms with Crippen LogP contribution in [0.4, 0.5) is 4.39 Å². The largest absolute Gasteiger partial charge is 0.212 e. The van der Waals surface area contributed by atoms with Gasteiger partial charge in [-0.1, -0.05) is 52.0 Å². The fourth-order valence-electron chi connectivity index (χ4n) is 4.01. The van der Waals surface area contributed by atoms with E-state index in [1.54, 1.807) is 0 Å². The van der Waals surface area contributed by atoms with Gasteiger partial charge in [0.2, 0.25) is 0 Å². The molecule has 110 valence electrons. The van der Waals surface area contributed by atoms with E-state index >= 15 is 0 Å². The number of allylic oxidation sites excluding steroid dienone is 2. The zero-order chi connectivity index (χ0) is 13.7. The van der Waals surface area contributed by atoms with Crippen LogP contribution in [0.5, 0.6) is 0 Å². The fourth-order valence-corrected chi connectivity index (χ4v) is 4.01. The Hall–Kier alpha value is -0.330. The molecular formula is C18H31F. The van der Waals surface area contributed by atoms with E-state index in [9.17, 15) is 4.39 Å². The van der Waals surface area contributed by atoms with Gasteiger partial charge in [-0.15, -0.1) is 0 Å². The first-order chi connectivity index (χ1) is 9.13. The molecule has 1 fully saturated rings. The first-order valence-corrected chi connectivity index (χ1v) is 8.48. The van der Waals surface area contributed by atoms with Crippen molar-refractivity contribution in [1.82, 2.24) is 0 Å². The summed E-state index contributed by atoms with van der Waals surface area (Å²) in [4.78, 5) is 0. The molecular weight excluding hydrogens is 235 g/mol. The second-order valence-electron chi connectivity index (χ2n) is 7.39. The van der Waals surface area contributed by atoms with Crippen molar-refractivity contribution < 1.29 is 4.39 Å². The van der Waals surface area contributed by atoms with Gasteiger partial charge in [-0.2, -0.15) is 0 Å². The molecule has 0 amide bonds. The molecule has 2 aliphatic rings. The molecule has 2 aliphatic carbocycles. The Morgan fingerprint density at radius 3 is 2.21 bits per heavy atom. The van der Waals surface area contributed by atoms with Crippen molar-refractivity contribution in [3.63, 3.8) is 0 Å². The average molecular weight is 266 g/mol. The van der Waals surface area contributed by atoms with Gasteiger partial charge >= 0.3 is 0 Å². The smallest absolute Gasteiger partial charge is 0.0960 e. The summed E-state index contributed by atoms with van der Waals surface area (Å²) in [6.45, 7) is 4.70. The molecule has 1 heteroatoms. The monoisotopic (exact) mass is 266 g/mol. The fraction of sp³-hybridized carbons (Fsp3) is 0.889. The van der Waals surface area contributed by atoms with Crippen LogP contribution in [0, 0.1) is 23.7 Å². The summed E-state index contributed by atoms with van der Waals surface area (Å²) in [5.74, 6) is 3.74. The number of hydrogen-bond acceptors (Lipinski definition) is 0. The van der Waals surface area contributed by atoms with Crippen molar-refractivity contribution in [3.8, 4) is 0 Å². The molecule has 0 aromatic heterocycles. The maximum atomic E-state index is 13.0. The summed E-state index contributed by atoms with van der Waals surface area (Å²) >= 11 is 0. The standard InChI is InChI=1S/C18H31F/c1-14(2)13-17-7-5-15(6-8-17)3-4-16-9-11-18(19)12-10-16/h11,14-17H,3-10,12-13H2,1-2H3. The SMILES string of the molecule is CC(C)CC1CCC(CCC2CC=C(F)CC2)CC1. The number of hydrogen-bond donors (Lipinski definition) is 0. The van der Waals surface area contributed by atoms with E-state index < -0.39 is 0 Å². The third-order valence-corrected chi connectivity index (χ3v) is 5.22. The van der Waals surface area contributed by atoms with Crippen LogP contribution in [0.15, 0.2) is 11.9 Å². The van der Waals surface area contributed by atoms with Crippen LogP contribution in [-0.2, 0) is 0 Å². The molecule has 1 saturated carbocycles. The number of rotatable bonds is 5. The molecule has 0 saturated heterocycles. The third kappa shape index (κ3) is 5.28. The molecule has 0 spiro atoms. The van der Waals surface area contributed by atoms with Gasteiger partial charge in [0.05, 0.1) is 5.83 Å². The molecule has 2 rings (SSSR count). The van der Waals surface area contributed by atoms with Crippen LogP contribution in [0.3, 0.4) is 0 Å². The number of halogens is 1. The minimum atomic E-state index is 0.130. The van der Waals surface area contributed by atoms with E-state index in [1.807, 2.05) is 6.08 Å². The lowest BCUT2D eigenvalue weighted by Gasteiger charge is -2.30. The molecule has 19 heavy (non-hydrogen) atoms. The Morgan fingerprint density at radius 1 is 1.00 bits per heavy atom. The van der Waals surface area contributed by atoms with Crippen LogP contribution in [-0.4, -0.2) is 0 Å². The summed E-state index contributed by atoms with van der Waals surface area (Å²) in [6, 6.07) is 0. The van der Waals surface area contributed by atoms with E-state index in [0.29, 0.717) is 6.42 Å². The maximum absolute atomic E-state index is 13.0. The van der Waals surface area contributed by atoms with Crippen LogP contribution < -0.4 is 0 Å². The van der Waals surface area contributed by atoms with Crippen molar-refractivity contribution in [2.24, 2.45) is 23.7 Å². The van der Waals surface area contributed by atoms with E-state index in [1.165, 1.54) is 44.9 Å². The summed E-state index contributed by atoms with van der Waals surface area (Å²) in [5.41, 5.74) is 0. The topological polar surface area (TPSA) is 0 Å². The lowest BCUT2D eigenvalue weighted by molar-refractivity contribution is 0.223. The van der Waals surface area contributed by atoms with Crippen molar-refractivity contribution in [1.29, 1.82) is 0 Å². The normalized spacial score (nSPS) is 32.4. The average Bonchev–Trinajstić information content (AvgIpc) is 2.39. The Labute approximate surface area is 118 Å². The zero-order valence-electron chi connectivity index (χ0n) is 12.8. The van der Waals surface area contributed by atoms with Crippen molar-refractivity contribution in [3.05, 3.63) is 11.9 Å². The molecule has 0 aliphatic heterocycles. The molecule has 1 atom stereocenters. The van der Waals surface area contributed by atoms with Crippen LogP contribution in [0.1, 0.15) is 78.1 Å². The van der Waals surface area contributed by atoms with Gasteiger partial charge in [-0.05, 0) is 55.8 Å². The van der Waals surface area contributed by atoms with Gasteiger partial charge in [0.1, 0.15) is 0 Å². The van der Waals surface area contributed by atoms with Gasteiger partial charge in [0.25, 0.3) is 0 Å². The highest BCUT2D eigenvalue weighted by Gasteiger charge is 2.23. The van der Waals surface area contributed by atoms with E-state index in [2.05, 4.69) is 13.8 Å². The second-order valence-corrected chi connectivity index (χ2v) is 7.39. The molecule has 0 N–H and O–H groups in total. The third-order valence-electron chi connectivity index (χ3n) is 5.22. The summed E-state index contributed by atoms with van der Waals surface area (Å²) in [7, 11) is 0. The van der Waals surface area contributed by atoms with E-state index in [4.69, 9.17) is 0 Å². The highest BCUT2D eigenvalue weighted by atomic mass is 19.1. The van der Waals surface area contributed by atoms with Gasteiger partial charge in [-0.3, -0.25) is 0 Å². The molecule has 0 aromatic carbocycles. The quantitative estimate of drug-likeness (QED) is 0.550. The van der Waals surface area contributed by atoms with Gasteiger partial charge in [-0.25, -0.2) is 4.39 Å². The predicted molar refractivity (Wildman–Crippen MR) is 80.7 cm³/mol. The minimum absolute atomic E-state index is 0.130. The second kappa shape index (κ2) is 7.45. The van der Waals surface area contributed by atoms with Gasteiger partial charge in [0, 0.05) is 0 Å². The Bertz CT molecular complexity index is 284.